The average Bonchev–Trinajstić information content (AvgIpc) is 2.31. The number of anilines is 1. The number of hydrogen-bond acceptors (Lipinski definition) is 2. The molecule has 0 aliphatic rings. The van der Waals surface area contributed by atoms with E-state index in [9.17, 15) is 0 Å². The molecular weight excluding hydrogens is 232 g/mol. The molecule has 0 saturated carbocycles. The minimum atomic E-state index is 0.534. The van der Waals surface area contributed by atoms with Gasteiger partial charge in [0, 0.05) is 13.1 Å². The number of nitrogens with two attached hydrogens (primary N) is 1. The highest BCUT2D eigenvalue weighted by atomic mass is 35.5. The van der Waals surface area contributed by atoms with Crippen molar-refractivity contribution >= 4 is 17.3 Å². The molecule has 1 aromatic rings. The zero-order chi connectivity index (χ0) is 12.8. The molecule has 0 unspecified atom stereocenters. The summed E-state index contributed by atoms with van der Waals surface area (Å²) < 4.78 is 0. The fourth-order valence-electron chi connectivity index (χ4n) is 2.33. The fraction of sp³-hybridized carbons (Fsp3) is 0.571. The lowest BCUT2D eigenvalue weighted by Gasteiger charge is -2.31. The summed E-state index contributed by atoms with van der Waals surface area (Å²) in [6.07, 6.45) is 3.13. The molecule has 0 aliphatic carbocycles. The van der Waals surface area contributed by atoms with Crippen LogP contribution in [0.2, 0.25) is 5.02 Å². The van der Waals surface area contributed by atoms with E-state index in [1.165, 1.54) is 5.56 Å². The molecule has 96 valence electrons. The van der Waals surface area contributed by atoms with Crippen LogP contribution in [0.3, 0.4) is 0 Å². The van der Waals surface area contributed by atoms with Crippen molar-refractivity contribution < 1.29 is 0 Å². The lowest BCUT2D eigenvalue weighted by Crippen LogP contribution is -2.31. The summed E-state index contributed by atoms with van der Waals surface area (Å²) >= 11 is 6.34. The number of para-hydroxylation sites is 1. The maximum atomic E-state index is 6.34. The van der Waals surface area contributed by atoms with Crippen LogP contribution in [0, 0.1) is 0 Å². The molecule has 0 atom stereocenters. The second-order valence-electron chi connectivity index (χ2n) is 4.37. The van der Waals surface area contributed by atoms with Crippen molar-refractivity contribution in [1.82, 2.24) is 0 Å². The Kier molecular flexibility index (Phi) is 5.79. The Hall–Kier alpha value is -0.730. The molecule has 0 saturated heterocycles. The molecule has 0 spiro atoms. The summed E-state index contributed by atoms with van der Waals surface area (Å²) in [4.78, 5) is 2.30. The van der Waals surface area contributed by atoms with E-state index >= 15 is 0 Å². The first-order chi connectivity index (χ1) is 8.15. The van der Waals surface area contributed by atoms with Crippen molar-refractivity contribution in [3.8, 4) is 0 Å². The van der Waals surface area contributed by atoms with Crippen LogP contribution >= 0.6 is 11.6 Å². The molecule has 0 bridgehead atoms. The van der Waals surface area contributed by atoms with Crippen molar-refractivity contribution in [3.63, 3.8) is 0 Å². The van der Waals surface area contributed by atoms with Gasteiger partial charge in [0.2, 0.25) is 0 Å². The smallest absolute Gasteiger partial charge is 0.0642 e. The Labute approximate surface area is 110 Å². The van der Waals surface area contributed by atoms with Gasteiger partial charge in [-0.2, -0.15) is 0 Å². The van der Waals surface area contributed by atoms with Gasteiger partial charge in [-0.25, -0.2) is 0 Å². The van der Waals surface area contributed by atoms with E-state index in [0.717, 1.165) is 30.0 Å². The van der Waals surface area contributed by atoms with Gasteiger partial charge in [-0.05, 0) is 37.4 Å². The van der Waals surface area contributed by atoms with Crippen LogP contribution < -0.4 is 10.6 Å². The predicted molar refractivity (Wildman–Crippen MR) is 77.0 cm³/mol. The Morgan fingerprint density at radius 2 is 1.94 bits per heavy atom. The normalized spacial score (nSPS) is 10.9. The number of benzene rings is 1. The van der Waals surface area contributed by atoms with Gasteiger partial charge in [0.25, 0.3) is 0 Å². The standard InChI is InChI=1S/C14H23ClN2/c1-4-12(5-2)17(3)14-11(9-10-16)7-6-8-13(14)15/h6-8,12H,4-5,9-10,16H2,1-3H3. The molecule has 0 aromatic heterocycles. The zero-order valence-electron chi connectivity index (χ0n) is 11.0. The first kappa shape index (κ1) is 14.3. The van der Waals surface area contributed by atoms with Gasteiger partial charge in [0.1, 0.15) is 0 Å². The van der Waals surface area contributed by atoms with Crippen LogP contribution in [0.15, 0.2) is 18.2 Å². The van der Waals surface area contributed by atoms with Crippen LogP contribution in [0.1, 0.15) is 32.3 Å². The molecule has 0 fully saturated rings. The van der Waals surface area contributed by atoms with Gasteiger partial charge in [-0.1, -0.05) is 37.6 Å². The Balaban J connectivity index is 3.09. The van der Waals surface area contributed by atoms with Gasteiger partial charge in [0.05, 0.1) is 10.7 Å². The monoisotopic (exact) mass is 254 g/mol. The average molecular weight is 255 g/mol. The Morgan fingerprint density at radius 3 is 2.47 bits per heavy atom. The second kappa shape index (κ2) is 6.87. The molecule has 0 radical (unpaired) electrons. The topological polar surface area (TPSA) is 29.3 Å². The molecule has 2 nitrogen and oxygen atoms in total. The minimum Gasteiger partial charge on any atom is -0.370 e. The quantitative estimate of drug-likeness (QED) is 0.842. The summed E-state index contributed by atoms with van der Waals surface area (Å²) in [6, 6.07) is 6.60. The second-order valence-corrected chi connectivity index (χ2v) is 4.77. The van der Waals surface area contributed by atoms with Crippen molar-refractivity contribution in [2.24, 2.45) is 5.73 Å². The largest absolute Gasteiger partial charge is 0.370 e. The van der Waals surface area contributed by atoms with Crippen molar-refractivity contribution in [1.29, 1.82) is 0 Å². The lowest BCUT2D eigenvalue weighted by atomic mass is 10.1. The summed E-state index contributed by atoms with van der Waals surface area (Å²) in [7, 11) is 2.12. The summed E-state index contributed by atoms with van der Waals surface area (Å²) in [5.41, 5.74) is 8.05. The number of hydrogen-bond donors (Lipinski definition) is 1. The van der Waals surface area contributed by atoms with Crippen molar-refractivity contribution in [2.45, 2.75) is 39.2 Å². The zero-order valence-corrected chi connectivity index (χ0v) is 11.8. The number of nitrogens with zero attached hydrogens (tertiary/aromatic N) is 1. The van der Waals surface area contributed by atoms with E-state index in [0.29, 0.717) is 12.6 Å². The third kappa shape index (κ3) is 3.36. The van der Waals surface area contributed by atoms with E-state index in [1.54, 1.807) is 0 Å². The molecule has 3 heteroatoms. The van der Waals surface area contributed by atoms with E-state index in [4.69, 9.17) is 17.3 Å². The highest BCUT2D eigenvalue weighted by Gasteiger charge is 2.16. The van der Waals surface area contributed by atoms with Gasteiger partial charge >= 0.3 is 0 Å². The van der Waals surface area contributed by atoms with E-state index in [2.05, 4.69) is 31.9 Å². The third-order valence-corrected chi connectivity index (χ3v) is 3.63. The van der Waals surface area contributed by atoms with Gasteiger partial charge in [0.15, 0.2) is 0 Å². The molecule has 0 aliphatic heterocycles. The van der Waals surface area contributed by atoms with Gasteiger partial charge in [-0.15, -0.1) is 0 Å². The van der Waals surface area contributed by atoms with Crippen molar-refractivity contribution in [2.75, 3.05) is 18.5 Å². The lowest BCUT2D eigenvalue weighted by molar-refractivity contribution is 0.590. The van der Waals surface area contributed by atoms with E-state index < -0.39 is 0 Å². The molecule has 1 rings (SSSR count). The first-order valence-electron chi connectivity index (χ1n) is 6.35. The van der Waals surface area contributed by atoms with Crippen LogP contribution in [-0.4, -0.2) is 19.6 Å². The highest BCUT2D eigenvalue weighted by Crippen LogP contribution is 2.31. The van der Waals surface area contributed by atoms with Crippen LogP contribution in [0.4, 0.5) is 5.69 Å². The summed E-state index contributed by atoms with van der Waals surface area (Å²) in [5.74, 6) is 0. The van der Waals surface area contributed by atoms with Crippen LogP contribution in [-0.2, 0) is 6.42 Å². The highest BCUT2D eigenvalue weighted by molar-refractivity contribution is 6.33. The number of rotatable bonds is 6. The molecular formula is C14H23ClN2. The minimum absolute atomic E-state index is 0.534. The van der Waals surface area contributed by atoms with Crippen LogP contribution in [0.25, 0.3) is 0 Å². The third-order valence-electron chi connectivity index (χ3n) is 3.33. The van der Waals surface area contributed by atoms with Gasteiger partial charge < -0.3 is 10.6 Å². The molecule has 0 amide bonds. The first-order valence-corrected chi connectivity index (χ1v) is 6.73. The number of halogens is 1. The SMILES string of the molecule is CCC(CC)N(C)c1c(Cl)cccc1CCN. The van der Waals surface area contributed by atoms with Crippen molar-refractivity contribution in [3.05, 3.63) is 28.8 Å². The maximum absolute atomic E-state index is 6.34. The summed E-state index contributed by atoms with van der Waals surface area (Å²) in [5, 5.41) is 0.824. The van der Waals surface area contributed by atoms with E-state index in [-0.39, 0.29) is 0 Å². The molecule has 0 heterocycles. The fourth-order valence-corrected chi connectivity index (χ4v) is 2.66. The predicted octanol–water partition coefficient (Wildman–Crippen LogP) is 3.47. The molecule has 1 aromatic carbocycles. The Morgan fingerprint density at radius 1 is 1.29 bits per heavy atom. The summed E-state index contributed by atoms with van der Waals surface area (Å²) in [6.45, 7) is 5.08. The maximum Gasteiger partial charge on any atom is 0.0642 e. The van der Waals surface area contributed by atoms with E-state index in [1.807, 2.05) is 12.1 Å². The van der Waals surface area contributed by atoms with Crippen LogP contribution in [0.5, 0.6) is 0 Å². The Bertz CT molecular complexity index is 348. The molecule has 17 heavy (non-hydrogen) atoms. The molecule has 2 N–H and O–H groups in total. The van der Waals surface area contributed by atoms with Gasteiger partial charge in [-0.3, -0.25) is 0 Å².